The largest absolute Gasteiger partial charge is 0.494 e. The van der Waals surface area contributed by atoms with E-state index in [0.29, 0.717) is 23.8 Å². The summed E-state index contributed by atoms with van der Waals surface area (Å²) in [6, 6.07) is 15.4. The highest BCUT2D eigenvalue weighted by atomic mass is 32.1. The number of ether oxygens (including phenoxy) is 1. The molecule has 0 saturated heterocycles. The van der Waals surface area contributed by atoms with Gasteiger partial charge in [0.05, 0.1) is 23.4 Å². The second kappa shape index (κ2) is 9.92. The van der Waals surface area contributed by atoms with E-state index < -0.39 is 0 Å². The highest BCUT2D eigenvalue weighted by molar-refractivity contribution is 7.22. The summed E-state index contributed by atoms with van der Waals surface area (Å²) in [7, 11) is 0. The number of amides is 1. The van der Waals surface area contributed by atoms with Crippen molar-refractivity contribution in [3.05, 3.63) is 83.2 Å². The molecule has 4 aromatic rings. The fourth-order valence-corrected chi connectivity index (χ4v) is 4.41. The van der Waals surface area contributed by atoms with E-state index >= 15 is 0 Å². The van der Waals surface area contributed by atoms with Crippen LogP contribution in [0.2, 0.25) is 0 Å². The Morgan fingerprint density at radius 3 is 2.59 bits per heavy atom. The molecular formula is C26H27N3O2S. The van der Waals surface area contributed by atoms with Crippen LogP contribution in [0.3, 0.4) is 0 Å². The van der Waals surface area contributed by atoms with Crippen molar-refractivity contribution in [2.24, 2.45) is 0 Å². The third-order valence-corrected chi connectivity index (χ3v) is 6.44. The Balaban J connectivity index is 1.65. The fraction of sp³-hybridized carbons (Fsp3) is 0.269. The van der Waals surface area contributed by atoms with E-state index in [-0.39, 0.29) is 5.91 Å². The summed E-state index contributed by atoms with van der Waals surface area (Å²) in [4.78, 5) is 24.3. The maximum Gasteiger partial charge on any atom is 0.260 e. The molecule has 0 atom stereocenters. The maximum atomic E-state index is 13.6. The number of pyridine rings is 1. The van der Waals surface area contributed by atoms with Crippen LogP contribution in [0.5, 0.6) is 5.75 Å². The van der Waals surface area contributed by atoms with Crippen molar-refractivity contribution in [1.29, 1.82) is 0 Å². The molecule has 0 aliphatic rings. The SMILES string of the molecule is CCCCOc1ccc(C(=O)N(Cc2cccnc2)c2nc3cc(C)c(C)cc3s2)cc1. The number of benzene rings is 2. The third-order valence-electron chi connectivity index (χ3n) is 5.40. The first-order valence-corrected chi connectivity index (χ1v) is 11.7. The zero-order valence-electron chi connectivity index (χ0n) is 18.7. The van der Waals surface area contributed by atoms with Crippen molar-refractivity contribution in [3.8, 4) is 5.75 Å². The number of fused-ring (bicyclic) bond motifs is 1. The summed E-state index contributed by atoms with van der Waals surface area (Å²) in [6.07, 6.45) is 5.61. The van der Waals surface area contributed by atoms with Crippen molar-refractivity contribution in [1.82, 2.24) is 9.97 Å². The number of rotatable bonds is 8. The van der Waals surface area contributed by atoms with Crippen LogP contribution in [0.25, 0.3) is 10.2 Å². The molecule has 5 nitrogen and oxygen atoms in total. The van der Waals surface area contributed by atoms with E-state index in [1.165, 1.54) is 22.5 Å². The number of aryl methyl sites for hydroxylation is 2. The van der Waals surface area contributed by atoms with Crippen LogP contribution in [0.4, 0.5) is 5.13 Å². The van der Waals surface area contributed by atoms with E-state index in [4.69, 9.17) is 9.72 Å². The van der Waals surface area contributed by atoms with Gasteiger partial charge in [-0.15, -0.1) is 0 Å². The summed E-state index contributed by atoms with van der Waals surface area (Å²) in [5.41, 5.74) is 4.88. The van der Waals surface area contributed by atoms with Gasteiger partial charge in [0.25, 0.3) is 5.91 Å². The minimum atomic E-state index is -0.0959. The molecular weight excluding hydrogens is 418 g/mol. The molecule has 4 rings (SSSR count). The predicted octanol–water partition coefficient (Wildman–Crippen LogP) is 6.33. The lowest BCUT2D eigenvalue weighted by atomic mass is 10.1. The van der Waals surface area contributed by atoms with Crippen LogP contribution in [0.1, 0.15) is 46.8 Å². The molecule has 0 aliphatic heterocycles. The van der Waals surface area contributed by atoms with Gasteiger partial charge in [-0.1, -0.05) is 30.7 Å². The molecule has 2 aromatic carbocycles. The lowest BCUT2D eigenvalue weighted by molar-refractivity contribution is 0.0985. The van der Waals surface area contributed by atoms with Gasteiger partial charge >= 0.3 is 0 Å². The molecule has 0 bridgehead atoms. The number of carbonyl (C=O) groups excluding carboxylic acids is 1. The number of hydrogen-bond donors (Lipinski definition) is 0. The highest BCUT2D eigenvalue weighted by Crippen LogP contribution is 2.32. The zero-order chi connectivity index (χ0) is 22.5. The van der Waals surface area contributed by atoms with E-state index in [1.807, 2.05) is 36.4 Å². The number of anilines is 1. The fourth-order valence-electron chi connectivity index (χ4n) is 3.37. The average Bonchev–Trinajstić information content (AvgIpc) is 3.21. The van der Waals surface area contributed by atoms with Gasteiger partial charge in [0.1, 0.15) is 5.75 Å². The summed E-state index contributed by atoms with van der Waals surface area (Å²) in [6.45, 7) is 7.39. The molecule has 2 aromatic heterocycles. The Bertz CT molecular complexity index is 1160. The van der Waals surface area contributed by atoms with Crippen molar-refractivity contribution in [3.63, 3.8) is 0 Å². The van der Waals surface area contributed by atoms with Crippen molar-refractivity contribution in [2.75, 3.05) is 11.5 Å². The Morgan fingerprint density at radius 2 is 1.88 bits per heavy atom. The molecule has 0 spiro atoms. The molecule has 0 fully saturated rings. The Kier molecular flexibility index (Phi) is 6.81. The van der Waals surface area contributed by atoms with Gasteiger partial charge in [-0.05, 0) is 79.4 Å². The van der Waals surface area contributed by atoms with E-state index in [0.717, 1.165) is 34.4 Å². The normalized spacial score (nSPS) is 11.0. The zero-order valence-corrected chi connectivity index (χ0v) is 19.5. The van der Waals surface area contributed by atoms with Gasteiger partial charge in [0, 0.05) is 18.0 Å². The summed E-state index contributed by atoms with van der Waals surface area (Å²) in [5.74, 6) is 0.682. The number of carbonyl (C=O) groups is 1. The molecule has 0 aliphatic carbocycles. The topological polar surface area (TPSA) is 55.3 Å². The molecule has 0 radical (unpaired) electrons. The van der Waals surface area contributed by atoms with Crippen LogP contribution in [0, 0.1) is 13.8 Å². The molecule has 0 saturated carbocycles. The second-order valence-electron chi connectivity index (χ2n) is 7.88. The van der Waals surface area contributed by atoms with E-state index in [2.05, 4.69) is 37.9 Å². The Hall–Kier alpha value is -3.25. The number of hydrogen-bond acceptors (Lipinski definition) is 5. The Labute approximate surface area is 192 Å². The molecule has 164 valence electrons. The molecule has 0 N–H and O–H groups in total. The smallest absolute Gasteiger partial charge is 0.260 e. The molecule has 0 unspecified atom stereocenters. The summed E-state index contributed by atoms with van der Waals surface area (Å²) >= 11 is 1.54. The van der Waals surface area contributed by atoms with Crippen molar-refractivity contribution >= 4 is 32.6 Å². The van der Waals surface area contributed by atoms with Gasteiger partial charge < -0.3 is 4.74 Å². The maximum absolute atomic E-state index is 13.6. The molecule has 32 heavy (non-hydrogen) atoms. The number of thiazole rings is 1. The summed E-state index contributed by atoms with van der Waals surface area (Å²) < 4.78 is 6.82. The number of nitrogens with zero attached hydrogens (tertiary/aromatic N) is 3. The van der Waals surface area contributed by atoms with Gasteiger partial charge in [0.2, 0.25) is 0 Å². The lowest BCUT2D eigenvalue weighted by Gasteiger charge is -2.20. The minimum absolute atomic E-state index is 0.0959. The lowest BCUT2D eigenvalue weighted by Crippen LogP contribution is -2.30. The number of aromatic nitrogens is 2. The van der Waals surface area contributed by atoms with E-state index in [9.17, 15) is 4.79 Å². The van der Waals surface area contributed by atoms with Gasteiger partial charge in [0.15, 0.2) is 5.13 Å². The minimum Gasteiger partial charge on any atom is -0.494 e. The molecule has 6 heteroatoms. The van der Waals surface area contributed by atoms with Crippen molar-refractivity contribution < 1.29 is 9.53 Å². The van der Waals surface area contributed by atoms with Crippen LogP contribution >= 0.6 is 11.3 Å². The van der Waals surface area contributed by atoms with Gasteiger partial charge in [-0.3, -0.25) is 14.7 Å². The molecule has 1 amide bonds. The average molecular weight is 446 g/mol. The molecule has 2 heterocycles. The van der Waals surface area contributed by atoms with Gasteiger partial charge in [-0.25, -0.2) is 4.98 Å². The van der Waals surface area contributed by atoms with Crippen LogP contribution in [0.15, 0.2) is 60.9 Å². The van der Waals surface area contributed by atoms with Crippen LogP contribution in [-0.2, 0) is 6.54 Å². The van der Waals surface area contributed by atoms with E-state index in [1.54, 1.807) is 17.3 Å². The van der Waals surface area contributed by atoms with Crippen LogP contribution in [-0.4, -0.2) is 22.5 Å². The summed E-state index contributed by atoms with van der Waals surface area (Å²) in [5, 5.41) is 0.683. The Morgan fingerprint density at radius 1 is 1.09 bits per heavy atom. The van der Waals surface area contributed by atoms with Gasteiger partial charge in [-0.2, -0.15) is 0 Å². The standard InChI is InChI=1S/C26H27N3O2S/c1-4-5-13-31-22-10-8-21(9-11-22)25(30)29(17-20-7-6-12-27-16-20)26-28-23-14-18(2)19(3)15-24(23)32-26/h6-12,14-16H,4-5,13,17H2,1-3H3. The number of unbranched alkanes of at least 4 members (excludes halogenated alkanes) is 1. The first kappa shape index (κ1) is 22.0. The van der Waals surface area contributed by atoms with Crippen LogP contribution < -0.4 is 9.64 Å². The second-order valence-corrected chi connectivity index (χ2v) is 8.89. The van der Waals surface area contributed by atoms with Crippen molar-refractivity contribution in [2.45, 2.75) is 40.2 Å². The predicted molar refractivity (Wildman–Crippen MR) is 131 cm³/mol. The first-order chi connectivity index (χ1) is 15.5. The third kappa shape index (κ3) is 4.97. The monoisotopic (exact) mass is 445 g/mol. The highest BCUT2D eigenvalue weighted by Gasteiger charge is 2.22. The first-order valence-electron chi connectivity index (χ1n) is 10.9. The quantitative estimate of drug-likeness (QED) is 0.297.